The van der Waals surface area contributed by atoms with Crippen molar-refractivity contribution in [1.29, 1.82) is 0 Å². The molecular weight excluding hydrogens is 515 g/mol. The highest BCUT2D eigenvalue weighted by molar-refractivity contribution is 14.0. The lowest BCUT2D eigenvalue weighted by atomic mass is 10.1. The van der Waals surface area contributed by atoms with E-state index >= 15 is 0 Å². The van der Waals surface area contributed by atoms with Crippen LogP contribution in [0.25, 0.3) is 0 Å². The van der Waals surface area contributed by atoms with E-state index in [-0.39, 0.29) is 41.9 Å². The maximum absolute atomic E-state index is 12.2. The van der Waals surface area contributed by atoms with E-state index in [9.17, 15) is 8.42 Å². The molecule has 7 nitrogen and oxygen atoms in total. The quantitative estimate of drug-likeness (QED) is 0.280. The minimum Gasteiger partial charge on any atom is -0.489 e. The molecule has 1 heterocycles. The highest BCUT2D eigenvalue weighted by atomic mass is 127. The van der Waals surface area contributed by atoms with E-state index in [0.717, 1.165) is 31.1 Å². The number of piperidine rings is 1. The molecule has 0 saturated carbocycles. The minimum absolute atomic E-state index is 0. The molecule has 172 valence electrons. The van der Waals surface area contributed by atoms with Gasteiger partial charge in [-0.1, -0.05) is 24.6 Å². The summed E-state index contributed by atoms with van der Waals surface area (Å²) in [5.41, 5.74) is 1.20. The number of rotatable bonds is 9. The van der Waals surface area contributed by atoms with Crippen LogP contribution < -0.4 is 15.4 Å². The van der Waals surface area contributed by atoms with Crippen LogP contribution in [0.5, 0.6) is 5.75 Å². The Balaban J connectivity index is 0.00000450. The number of ether oxygens (including phenoxy) is 1. The summed E-state index contributed by atoms with van der Waals surface area (Å²) in [6, 6.07) is 8.22. The predicted octanol–water partition coefficient (Wildman–Crippen LogP) is 3.14. The predicted molar refractivity (Wildman–Crippen MR) is 134 cm³/mol. The smallest absolute Gasteiger partial charge is 0.214 e. The van der Waals surface area contributed by atoms with Crippen molar-refractivity contribution in [2.45, 2.75) is 59.1 Å². The topological polar surface area (TPSA) is 83.0 Å². The van der Waals surface area contributed by atoms with Crippen molar-refractivity contribution >= 4 is 40.0 Å². The molecular formula is C21H37IN4O3S. The molecule has 0 radical (unpaired) electrons. The molecule has 1 saturated heterocycles. The zero-order chi connectivity index (χ0) is 21.3. The Morgan fingerprint density at radius 3 is 2.43 bits per heavy atom. The second-order valence-corrected chi connectivity index (χ2v) is 9.68. The Kier molecular flexibility index (Phi) is 12.0. The summed E-state index contributed by atoms with van der Waals surface area (Å²) in [4.78, 5) is 4.66. The fraction of sp³-hybridized carbons (Fsp3) is 0.667. The third-order valence-electron chi connectivity index (χ3n) is 4.86. The van der Waals surface area contributed by atoms with Crippen LogP contribution >= 0.6 is 24.0 Å². The first-order chi connectivity index (χ1) is 13.8. The van der Waals surface area contributed by atoms with Gasteiger partial charge in [-0.05, 0) is 52.2 Å². The molecule has 0 spiro atoms. The molecule has 1 aliphatic rings. The molecule has 0 amide bonds. The number of guanidine groups is 1. The van der Waals surface area contributed by atoms with Gasteiger partial charge in [0.15, 0.2) is 5.96 Å². The molecule has 0 aliphatic carbocycles. The molecule has 1 unspecified atom stereocenters. The van der Waals surface area contributed by atoms with Crippen LogP contribution in [-0.4, -0.2) is 62.8 Å². The lowest BCUT2D eigenvalue weighted by molar-refractivity contribution is 0.230. The fourth-order valence-corrected chi connectivity index (χ4v) is 4.83. The van der Waals surface area contributed by atoms with E-state index in [4.69, 9.17) is 4.74 Å². The van der Waals surface area contributed by atoms with Crippen LogP contribution in [0.15, 0.2) is 29.3 Å². The summed E-state index contributed by atoms with van der Waals surface area (Å²) in [5, 5.41) is 6.72. The first-order valence-corrected chi connectivity index (χ1v) is 12.2. The molecule has 0 bridgehead atoms. The Hall–Kier alpha value is -1.07. The van der Waals surface area contributed by atoms with Gasteiger partial charge in [0.05, 0.1) is 12.3 Å². The van der Waals surface area contributed by atoms with E-state index < -0.39 is 10.0 Å². The number of sulfonamides is 1. The van der Waals surface area contributed by atoms with E-state index in [2.05, 4.69) is 22.5 Å². The number of aryl methyl sites for hydroxylation is 1. The number of halogens is 1. The van der Waals surface area contributed by atoms with Gasteiger partial charge in [-0.25, -0.2) is 17.7 Å². The maximum atomic E-state index is 12.2. The summed E-state index contributed by atoms with van der Waals surface area (Å²) in [6.45, 7) is 10.4. The third-order valence-corrected chi connectivity index (χ3v) is 6.94. The van der Waals surface area contributed by atoms with Gasteiger partial charge >= 0.3 is 0 Å². The number of hydrogen-bond donors (Lipinski definition) is 2. The third kappa shape index (κ3) is 8.97. The zero-order valence-corrected chi connectivity index (χ0v) is 21.7. The molecule has 1 aromatic carbocycles. The van der Waals surface area contributed by atoms with Crippen LogP contribution in [0.4, 0.5) is 0 Å². The summed E-state index contributed by atoms with van der Waals surface area (Å²) in [6.07, 6.45) is 2.17. The average molecular weight is 553 g/mol. The minimum atomic E-state index is -3.11. The SMILES string of the molecule is CCCS(=O)(=O)N1CCC(NC(=NCC(C)Oc2ccc(C)cc2)NCC)CC1.I. The fourth-order valence-electron chi connectivity index (χ4n) is 3.28. The van der Waals surface area contributed by atoms with Crippen molar-refractivity contribution in [3.63, 3.8) is 0 Å². The zero-order valence-electron chi connectivity index (χ0n) is 18.6. The lowest BCUT2D eigenvalue weighted by Crippen LogP contribution is -2.50. The molecule has 1 aliphatic heterocycles. The number of hydrogen-bond acceptors (Lipinski definition) is 4. The monoisotopic (exact) mass is 552 g/mol. The van der Waals surface area contributed by atoms with Crippen LogP contribution in [-0.2, 0) is 10.0 Å². The molecule has 9 heteroatoms. The van der Waals surface area contributed by atoms with Gasteiger partial charge in [-0.15, -0.1) is 24.0 Å². The van der Waals surface area contributed by atoms with E-state index in [1.54, 1.807) is 4.31 Å². The standard InChI is InChI=1S/C21H36N4O3S.HI/c1-5-15-29(26,27)25-13-11-19(12-14-25)24-21(22-6-2)23-16-18(4)28-20-9-7-17(3)8-10-20;/h7-10,18-19H,5-6,11-16H2,1-4H3,(H2,22,23,24);1H. The number of benzene rings is 1. The number of nitrogens with one attached hydrogen (secondary N) is 2. The first-order valence-electron chi connectivity index (χ1n) is 10.6. The first kappa shape index (κ1) is 27.0. The summed E-state index contributed by atoms with van der Waals surface area (Å²) in [5.74, 6) is 1.83. The molecule has 1 aromatic rings. The van der Waals surface area contributed by atoms with Gasteiger partial charge in [0, 0.05) is 25.7 Å². The van der Waals surface area contributed by atoms with E-state index in [0.29, 0.717) is 26.1 Å². The highest BCUT2D eigenvalue weighted by Crippen LogP contribution is 2.15. The Morgan fingerprint density at radius 1 is 1.23 bits per heavy atom. The molecule has 1 fully saturated rings. The lowest BCUT2D eigenvalue weighted by Gasteiger charge is -2.32. The molecule has 2 rings (SSSR count). The maximum Gasteiger partial charge on any atom is 0.214 e. The van der Waals surface area contributed by atoms with Crippen LogP contribution in [0, 0.1) is 6.92 Å². The Bertz CT molecular complexity index is 748. The van der Waals surface area contributed by atoms with Crippen molar-refractivity contribution in [2.75, 3.05) is 31.9 Å². The Morgan fingerprint density at radius 2 is 1.87 bits per heavy atom. The normalized spacial score (nSPS) is 17.1. The van der Waals surface area contributed by atoms with Gasteiger partial charge in [-0.3, -0.25) is 0 Å². The Labute approximate surface area is 199 Å². The van der Waals surface area contributed by atoms with Gasteiger partial charge in [0.1, 0.15) is 11.9 Å². The van der Waals surface area contributed by atoms with Crippen molar-refractivity contribution < 1.29 is 13.2 Å². The van der Waals surface area contributed by atoms with Crippen LogP contribution in [0.3, 0.4) is 0 Å². The number of nitrogens with zero attached hydrogens (tertiary/aromatic N) is 2. The molecule has 1 atom stereocenters. The summed E-state index contributed by atoms with van der Waals surface area (Å²) in [7, 11) is -3.11. The second-order valence-electron chi connectivity index (χ2n) is 7.59. The van der Waals surface area contributed by atoms with Gasteiger partial charge in [0.25, 0.3) is 0 Å². The van der Waals surface area contributed by atoms with Gasteiger partial charge in [0.2, 0.25) is 10.0 Å². The van der Waals surface area contributed by atoms with Crippen molar-refractivity contribution in [2.24, 2.45) is 4.99 Å². The second kappa shape index (κ2) is 13.4. The van der Waals surface area contributed by atoms with Crippen molar-refractivity contribution in [3.8, 4) is 5.75 Å². The largest absolute Gasteiger partial charge is 0.489 e. The molecule has 2 N–H and O–H groups in total. The van der Waals surface area contributed by atoms with Crippen LogP contribution in [0.1, 0.15) is 45.6 Å². The van der Waals surface area contributed by atoms with Crippen molar-refractivity contribution in [1.82, 2.24) is 14.9 Å². The molecule has 0 aromatic heterocycles. The van der Waals surface area contributed by atoms with Gasteiger partial charge in [-0.2, -0.15) is 0 Å². The van der Waals surface area contributed by atoms with Crippen LogP contribution in [0.2, 0.25) is 0 Å². The van der Waals surface area contributed by atoms with E-state index in [1.165, 1.54) is 5.56 Å². The number of aliphatic imine (C=N–C) groups is 1. The molecule has 30 heavy (non-hydrogen) atoms. The summed E-state index contributed by atoms with van der Waals surface area (Å²) < 4.78 is 32.0. The van der Waals surface area contributed by atoms with Crippen molar-refractivity contribution in [3.05, 3.63) is 29.8 Å². The average Bonchev–Trinajstić information content (AvgIpc) is 2.68. The summed E-state index contributed by atoms with van der Waals surface area (Å²) >= 11 is 0. The van der Waals surface area contributed by atoms with E-state index in [1.807, 2.05) is 45.0 Å². The highest BCUT2D eigenvalue weighted by Gasteiger charge is 2.27. The van der Waals surface area contributed by atoms with Gasteiger partial charge < -0.3 is 15.4 Å².